The molecule has 1 aliphatic heterocycles. The van der Waals surface area contributed by atoms with E-state index in [0.717, 1.165) is 29.4 Å². The highest BCUT2D eigenvalue weighted by Crippen LogP contribution is 2.35. The summed E-state index contributed by atoms with van der Waals surface area (Å²) in [7, 11) is 0. The third-order valence-corrected chi connectivity index (χ3v) is 4.65. The van der Waals surface area contributed by atoms with Crippen molar-refractivity contribution in [1.29, 1.82) is 0 Å². The molecule has 0 aliphatic carbocycles. The number of aromatic nitrogens is 2. The van der Waals surface area contributed by atoms with Gasteiger partial charge >= 0.3 is 5.69 Å². The van der Waals surface area contributed by atoms with E-state index in [9.17, 15) is 9.59 Å². The number of unbranched alkanes of at least 4 members (excludes halogenated alkanes) is 1. The van der Waals surface area contributed by atoms with Crippen LogP contribution in [-0.2, 0) is 0 Å². The van der Waals surface area contributed by atoms with Gasteiger partial charge in [0.05, 0.1) is 11.0 Å². The van der Waals surface area contributed by atoms with Crippen molar-refractivity contribution in [2.24, 2.45) is 0 Å². The molecule has 4 rings (SSSR count). The fraction of sp³-hybridized carbons (Fsp3) is 0.263. The third-order valence-electron chi connectivity index (χ3n) is 4.65. The van der Waals surface area contributed by atoms with Crippen molar-refractivity contribution in [1.82, 2.24) is 14.5 Å². The highest BCUT2D eigenvalue weighted by Gasteiger charge is 2.38. The number of imidazole rings is 1. The number of carbonyl (C=O) groups is 1. The molecule has 5 nitrogen and oxygen atoms in total. The number of hydrogen-bond donors (Lipinski definition) is 1. The molecule has 0 saturated heterocycles. The summed E-state index contributed by atoms with van der Waals surface area (Å²) in [5.41, 5.74) is 3.00. The third kappa shape index (κ3) is 2.08. The quantitative estimate of drug-likeness (QED) is 0.802. The molecule has 1 unspecified atom stereocenters. The second-order valence-electron chi connectivity index (χ2n) is 6.13. The van der Waals surface area contributed by atoms with Crippen molar-refractivity contribution in [2.45, 2.75) is 25.9 Å². The standard InChI is InChI=1S/C19H19N3O2/c1-2-3-12-21-17(13-8-4-5-9-14(13)18(21)23)22-16-11-7-6-10-15(16)20-19(22)24/h4-11,17H,2-3,12H2,1H3,(H,20,24). The number of amides is 1. The maximum Gasteiger partial charge on any atom is 0.328 e. The van der Waals surface area contributed by atoms with Gasteiger partial charge in [0.25, 0.3) is 5.91 Å². The lowest BCUT2D eigenvalue weighted by molar-refractivity contribution is 0.0698. The maximum atomic E-state index is 12.9. The van der Waals surface area contributed by atoms with Crippen LogP contribution in [0.4, 0.5) is 0 Å². The van der Waals surface area contributed by atoms with E-state index < -0.39 is 0 Å². The number of nitrogens with zero attached hydrogens (tertiary/aromatic N) is 2. The van der Waals surface area contributed by atoms with Crippen molar-refractivity contribution < 1.29 is 4.79 Å². The topological polar surface area (TPSA) is 58.1 Å². The number of benzene rings is 2. The molecule has 122 valence electrons. The molecule has 2 heterocycles. The summed E-state index contributed by atoms with van der Waals surface area (Å²) in [6, 6.07) is 15.2. The van der Waals surface area contributed by atoms with Crippen LogP contribution < -0.4 is 5.69 Å². The number of rotatable bonds is 4. The fourth-order valence-corrected chi connectivity index (χ4v) is 3.50. The van der Waals surface area contributed by atoms with E-state index in [1.807, 2.05) is 53.4 Å². The van der Waals surface area contributed by atoms with Gasteiger partial charge in [0.15, 0.2) is 0 Å². The minimum absolute atomic E-state index is 0.00114. The van der Waals surface area contributed by atoms with E-state index in [2.05, 4.69) is 11.9 Å². The van der Waals surface area contributed by atoms with Gasteiger partial charge in [0, 0.05) is 17.7 Å². The first-order chi connectivity index (χ1) is 11.7. The SMILES string of the molecule is CCCCN1C(=O)c2ccccc2C1n1c(=O)[nH]c2ccccc21. The van der Waals surface area contributed by atoms with Crippen molar-refractivity contribution in [3.05, 3.63) is 70.1 Å². The molecule has 1 aromatic heterocycles. The maximum absolute atomic E-state index is 12.9. The Hall–Kier alpha value is -2.82. The van der Waals surface area contributed by atoms with Crippen LogP contribution >= 0.6 is 0 Å². The van der Waals surface area contributed by atoms with E-state index in [0.29, 0.717) is 12.1 Å². The molecule has 24 heavy (non-hydrogen) atoms. The van der Waals surface area contributed by atoms with Crippen LogP contribution in [0.25, 0.3) is 11.0 Å². The number of para-hydroxylation sites is 2. The van der Waals surface area contributed by atoms with Gasteiger partial charge < -0.3 is 9.88 Å². The van der Waals surface area contributed by atoms with Crippen LogP contribution in [0.3, 0.4) is 0 Å². The predicted molar refractivity (Wildman–Crippen MR) is 93.1 cm³/mol. The number of carbonyl (C=O) groups excluding carboxylic acids is 1. The second-order valence-corrected chi connectivity index (χ2v) is 6.13. The Kier molecular flexibility index (Phi) is 3.49. The Morgan fingerprint density at radius 2 is 1.79 bits per heavy atom. The van der Waals surface area contributed by atoms with Gasteiger partial charge in [-0.15, -0.1) is 0 Å². The zero-order valence-electron chi connectivity index (χ0n) is 13.5. The molecule has 5 heteroatoms. The van der Waals surface area contributed by atoms with Crippen LogP contribution in [-0.4, -0.2) is 26.9 Å². The molecule has 2 aromatic carbocycles. The number of nitrogens with one attached hydrogen (secondary N) is 1. The van der Waals surface area contributed by atoms with E-state index in [-0.39, 0.29) is 17.8 Å². The molecule has 1 N–H and O–H groups in total. The summed E-state index contributed by atoms with van der Waals surface area (Å²) >= 11 is 0. The molecule has 1 atom stereocenters. The summed E-state index contributed by atoms with van der Waals surface area (Å²) in [6.45, 7) is 2.74. The van der Waals surface area contributed by atoms with E-state index in [4.69, 9.17) is 0 Å². The smallest absolute Gasteiger partial charge is 0.313 e. The number of hydrogen-bond acceptors (Lipinski definition) is 2. The van der Waals surface area contributed by atoms with Crippen molar-refractivity contribution in [2.75, 3.05) is 6.54 Å². The van der Waals surface area contributed by atoms with Gasteiger partial charge in [-0.2, -0.15) is 0 Å². The average molecular weight is 321 g/mol. The van der Waals surface area contributed by atoms with E-state index in [1.54, 1.807) is 4.57 Å². The number of H-pyrrole nitrogens is 1. The van der Waals surface area contributed by atoms with Crippen molar-refractivity contribution in [3.8, 4) is 0 Å². The molecular weight excluding hydrogens is 302 g/mol. The number of fused-ring (bicyclic) bond motifs is 2. The van der Waals surface area contributed by atoms with Gasteiger partial charge in [-0.1, -0.05) is 43.7 Å². The summed E-state index contributed by atoms with van der Waals surface area (Å²) in [5, 5.41) is 0. The summed E-state index contributed by atoms with van der Waals surface area (Å²) in [4.78, 5) is 30.2. The van der Waals surface area contributed by atoms with Crippen molar-refractivity contribution in [3.63, 3.8) is 0 Å². The summed E-state index contributed by atoms with van der Waals surface area (Å²) < 4.78 is 1.70. The average Bonchev–Trinajstić information content (AvgIpc) is 3.07. The van der Waals surface area contributed by atoms with Crippen LogP contribution in [0, 0.1) is 0 Å². The first kappa shape index (κ1) is 14.8. The predicted octanol–water partition coefficient (Wildman–Crippen LogP) is 3.13. The van der Waals surface area contributed by atoms with Crippen molar-refractivity contribution >= 4 is 16.9 Å². The Labute approximate surface area is 139 Å². The van der Waals surface area contributed by atoms with Gasteiger partial charge in [-0.3, -0.25) is 9.36 Å². The fourth-order valence-electron chi connectivity index (χ4n) is 3.50. The first-order valence-electron chi connectivity index (χ1n) is 8.31. The van der Waals surface area contributed by atoms with Gasteiger partial charge in [0.2, 0.25) is 0 Å². The van der Waals surface area contributed by atoms with Crippen LogP contribution in [0.5, 0.6) is 0 Å². The Morgan fingerprint density at radius 3 is 2.62 bits per heavy atom. The number of aromatic amines is 1. The largest absolute Gasteiger partial charge is 0.328 e. The normalized spacial score (nSPS) is 16.8. The second kappa shape index (κ2) is 5.67. The minimum Gasteiger partial charge on any atom is -0.313 e. The molecule has 1 amide bonds. The Morgan fingerprint density at radius 1 is 1.04 bits per heavy atom. The molecule has 1 aliphatic rings. The van der Waals surface area contributed by atoms with E-state index >= 15 is 0 Å². The molecule has 3 aromatic rings. The lowest BCUT2D eigenvalue weighted by Gasteiger charge is -2.26. The van der Waals surface area contributed by atoms with Gasteiger partial charge in [-0.25, -0.2) is 4.79 Å². The Bertz CT molecular complexity index is 970. The monoisotopic (exact) mass is 321 g/mol. The molecule has 0 bridgehead atoms. The van der Waals surface area contributed by atoms with Gasteiger partial charge in [0.1, 0.15) is 6.17 Å². The first-order valence-corrected chi connectivity index (χ1v) is 8.31. The molecule has 0 spiro atoms. The lowest BCUT2D eigenvalue weighted by atomic mass is 10.1. The zero-order valence-corrected chi connectivity index (χ0v) is 13.5. The molecule has 0 saturated carbocycles. The highest BCUT2D eigenvalue weighted by atomic mass is 16.2. The van der Waals surface area contributed by atoms with E-state index in [1.165, 1.54) is 0 Å². The molecule has 0 fully saturated rings. The molecule has 0 radical (unpaired) electrons. The van der Waals surface area contributed by atoms with Crippen LogP contribution in [0.15, 0.2) is 53.3 Å². The highest BCUT2D eigenvalue weighted by molar-refractivity contribution is 5.99. The molecular formula is C19H19N3O2. The van der Waals surface area contributed by atoms with Crippen LogP contribution in [0.2, 0.25) is 0 Å². The Balaban J connectivity index is 1.94. The lowest BCUT2D eigenvalue weighted by Crippen LogP contribution is -2.36. The zero-order chi connectivity index (χ0) is 16.7. The minimum atomic E-state index is -0.385. The summed E-state index contributed by atoms with van der Waals surface area (Å²) in [6.07, 6.45) is 1.52. The summed E-state index contributed by atoms with van der Waals surface area (Å²) in [5.74, 6) is 0.00114. The van der Waals surface area contributed by atoms with Gasteiger partial charge in [-0.05, 0) is 24.6 Å². The van der Waals surface area contributed by atoms with Crippen LogP contribution in [0.1, 0.15) is 41.9 Å².